The van der Waals surface area contributed by atoms with Crippen molar-refractivity contribution in [1.82, 2.24) is 0 Å². The van der Waals surface area contributed by atoms with Gasteiger partial charge in [-0.25, -0.2) is 0 Å². The molecule has 1 heterocycles. The monoisotopic (exact) mass is 483 g/mol. The highest BCUT2D eigenvalue weighted by atomic mass is 79.9. The fourth-order valence-electron chi connectivity index (χ4n) is 2.58. The Labute approximate surface area is 169 Å². The lowest BCUT2D eigenvalue weighted by atomic mass is 10.2. The second-order valence-electron chi connectivity index (χ2n) is 5.85. The second-order valence-corrected chi connectivity index (χ2v) is 7.62. The van der Waals surface area contributed by atoms with Gasteiger partial charge in [-0.05, 0) is 59.1 Å². The molecule has 0 radical (unpaired) electrons. The summed E-state index contributed by atoms with van der Waals surface area (Å²) in [5.74, 6) is 0.973. The molecule has 0 saturated carbocycles. The van der Waals surface area contributed by atoms with Crippen molar-refractivity contribution in [3.63, 3.8) is 0 Å². The molecule has 1 aliphatic rings. The summed E-state index contributed by atoms with van der Waals surface area (Å²) in [6, 6.07) is 12.9. The molecule has 1 amide bonds. The molecule has 1 N–H and O–H groups in total. The number of carbonyl (C=O) groups is 1. The van der Waals surface area contributed by atoms with Gasteiger partial charge in [-0.1, -0.05) is 28.1 Å². The number of ether oxygens (including phenoxy) is 3. The Balaban J connectivity index is 1.55. The van der Waals surface area contributed by atoms with Gasteiger partial charge in [-0.2, -0.15) is 0 Å². The largest absolute Gasteiger partial charge is 0.489 e. The number of benzene rings is 2. The Morgan fingerprint density at radius 1 is 1.15 bits per heavy atom. The molecule has 2 aromatic rings. The third kappa shape index (κ3) is 5.46. The highest BCUT2D eigenvalue weighted by Crippen LogP contribution is 2.28. The Hall–Kier alpha value is -1.57. The Morgan fingerprint density at radius 2 is 2.00 bits per heavy atom. The number of anilines is 1. The van der Waals surface area contributed by atoms with Crippen LogP contribution in [-0.4, -0.2) is 31.8 Å². The van der Waals surface area contributed by atoms with Gasteiger partial charge < -0.3 is 19.5 Å². The number of rotatable bonds is 7. The van der Waals surface area contributed by atoms with Gasteiger partial charge in [0.25, 0.3) is 5.91 Å². The zero-order valence-electron chi connectivity index (χ0n) is 14.0. The fraction of sp³-hybridized carbons (Fsp3) is 0.316. The molecule has 3 rings (SSSR count). The van der Waals surface area contributed by atoms with Gasteiger partial charge >= 0.3 is 0 Å². The second kappa shape index (κ2) is 9.39. The van der Waals surface area contributed by atoms with E-state index in [0.717, 1.165) is 28.4 Å². The van der Waals surface area contributed by atoms with E-state index in [2.05, 4.69) is 37.2 Å². The third-order valence-electron chi connectivity index (χ3n) is 3.86. The van der Waals surface area contributed by atoms with Crippen molar-refractivity contribution in [2.75, 3.05) is 25.1 Å². The lowest BCUT2D eigenvalue weighted by Gasteiger charge is -2.15. The summed E-state index contributed by atoms with van der Waals surface area (Å²) in [6.07, 6.45) is 2.19. The first-order valence-electron chi connectivity index (χ1n) is 8.33. The number of para-hydroxylation sites is 2. The van der Waals surface area contributed by atoms with Crippen LogP contribution in [-0.2, 0) is 9.53 Å². The van der Waals surface area contributed by atoms with E-state index in [-0.39, 0.29) is 18.6 Å². The van der Waals surface area contributed by atoms with Crippen molar-refractivity contribution in [3.05, 3.63) is 51.4 Å². The van der Waals surface area contributed by atoms with E-state index in [1.807, 2.05) is 30.3 Å². The summed E-state index contributed by atoms with van der Waals surface area (Å²) in [4.78, 5) is 12.2. The van der Waals surface area contributed by atoms with Gasteiger partial charge in [0, 0.05) is 11.1 Å². The average molecular weight is 485 g/mol. The molecule has 1 atom stereocenters. The molecule has 0 aromatic heterocycles. The topological polar surface area (TPSA) is 56.8 Å². The minimum absolute atomic E-state index is 0.0969. The Bertz CT molecular complexity index is 763. The molecule has 0 spiro atoms. The first-order chi connectivity index (χ1) is 12.6. The van der Waals surface area contributed by atoms with Gasteiger partial charge in [0.15, 0.2) is 6.61 Å². The summed E-state index contributed by atoms with van der Waals surface area (Å²) in [6.45, 7) is 1.17. The van der Waals surface area contributed by atoms with E-state index in [0.29, 0.717) is 23.8 Å². The molecule has 0 aliphatic carbocycles. The fourth-order valence-corrected chi connectivity index (χ4v) is 3.74. The third-order valence-corrected chi connectivity index (χ3v) is 4.98. The molecule has 2 aromatic carbocycles. The van der Waals surface area contributed by atoms with Crippen LogP contribution in [0, 0.1) is 0 Å². The maximum atomic E-state index is 12.2. The molecule has 26 heavy (non-hydrogen) atoms. The number of halogens is 2. The van der Waals surface area contributed by atoms with Crippen molar-refractivity contribution in [2.45, 2.75) is 18.9 Å². The summed E-state index contributed by atoms with van der Waals surface area (Å²) in [5, 5.41) is 2.83. The predicted octanol–water partition coefficient (Wildman–Crippen LogP) is 4.79. The van der Waals surface area contributed by atoms with Gasteiger partial charge in [0.2, 0.25) is 0 Å². The van der Waals surface area contributed by atoms with E-state index in [1.54, 1.807) is 12.1 Å². The summed E-state index contributed by atoms with van der Waals surface area (Å²) >= 11 is 6.79. The molecular formula is C19H19Br2NO4. The molecule has 0 bridgehead atoms. The van der Waals surface area contributed by atoms with Gasteiger partial charge in [0.05, 0.1) is 16.3 Å². The molecule has 7 heteroatoms. The maximum Gasteiger partial charge on any atom is 0.262 e. The molecule has 1 aliphatic heterocycles. The molecule has 1 unspecified atom stereocenters. The Morgan fingerprint density at radius 3 is 2.77 bits per heavy atom. The van der Waals surface area contributed by atoms with Gasteiger partial charge in [0.1, 0.15) is 18.1 Å². The number of amides is 1. The van der Waals surface area contributed by atoms with Crippen LogP contribution in [0.4, 0.5) is 5.69 Å². The van der Waals surface area contributed by atoms with E-state index in [1.165, 1.54) is 0 Å². The van der Waals surface area contributed by atoms with Crippen LogP contribution in [0.1, 0.15) is 12.8 Å². The maximum absolute atomic E-state index is 12.2. The van der Waals surface area contributed by atoms with Crippen LogP contribution >= 0.6 is 31.9 Å². The van der Waals surface area contributed by atoms with Crippen LogP contribution in [0.25, 0.3) is 0 Å². The first kappa shape index (κ1) is 19.2. The summed E-state index contributed by atoms with van der Waals surface area (Å²) < 4.78 is 18.7. The smallest absolute Gasteiger partial charge is 0.262 e. The highest BCUT2D eigenvalue weighted by Gasteiger charge is 2.17. The van der Waals surface area contributed by atoms with Crippen LogP contribution < -0.4 is 14.8 Å². The summed E-state index contributed by atoms with van der Waals surface area (Å²) in [5.41, 5.74) is 0.619. The van der Waals surface area contributed by atoms with Crippen LogP contribution in [0.3, 0.4) is 0 Å². The van der Waals surface area contributed by atoms with Crippen molar-refractivity contribution >= 4 is 43.5 Å². The number of hydrogen-bond acceptors (Lipinski definition) is 4. The van der Waals surface area contributed by atoms with E-state index < -0.39 is 0 Å². The van der Waals surface area contributed by atoms with Gasteiger partial charge in [-0.15, -0.1) is 0 Å². The number of carbonyl (C=O) groups excluding carboxylic acids is 1. The highest BCUT2D eigenvalue weighted by molar-refractivity contribution is 9.11. The van der Waals surface area contributed by atoms with Crippen LogP contribution in [0.5, 0.6) is 11.5 Å². The lowest BCUT2D eigenvalue weighted by molar-refractivity contribution is -0.118. The van der Waals surface area contributed by atoms with Crippen molar-refractivity contribution < 1.29 is 19.0 Å². The van der Waals surface area contributed by atoms with E-state index in [9.17, 15) is 4.79 Å². The van der Waals surface area contributed by atoms with Crippen molar-refractivity contribution in [1.29, 1.82) is 0 Å². The minimum atomic E-state index is -0.256. The van der Waals surface area contributed by atoms with Crippen molar-refractivity contribution in [2.24, 2.45) is 0 Å². The quantitative estimate of drug-likeness (QED) is 0.614. The van der Waals surface area contributed by atoms with E-state index in [4.69, 9.17) is 14.2 Å². The number of hydrogen-bond donors (Lipinski definition) is 1. The molecule has 5 nitrogen and oxygen atoms in total. The standard InChI is InChI=1S/C19H19Br2NO4/c20-13-7-8-17(15(21)10-13)26-12-19(23)22-16-5-1-2-6-18(16)25-11-14-4-3-9-24-14/h1-2,5-8,10,14H,3-4,9,11-12H2,(H,22,23). The van der Waals surface area contributed by atoms with Gasteiger partial charge in [-0.3, -0.25) is 4.79 Å². The lowest BCUT2D eigenvalue weighted by Crippen LogP contribution is -2.21. The zero-order chi connectivity index (χ0) is 18.4. The van der Waals surface area contributed by atoms with Crippen molar-refractivity contribution in [3.8, 4) is 11.5 Å². The molecule has 1 saturated heterocycles. The Kier molecular flexibility index (Phi) is 6.93. The van der Waals surface area contributed by atoms with Crippen LogP contribution in [0.15, 0.2) is 51.4 Å². The first-order valence-corrected chi connectivity index (χ1v) is 9.91. The number of nitrogens with one attached hydrogen (secondary N) is 1. The summed E-state index contributed by atoms with van der Waals surface area (Å²) in [7, 11) is 0. The SMILES string of the molecule is O=C(COc1ccc(Br)cc1Br)Nc1ccccc1OCC1CCCO1. The zero-order valence-corrected chi connectivity index (χ0v) is 17.2. The van der Waals surface area contributed by atoms with E-state index >= 15 is 0 Å². The minimum Gasteiger partial charge on any atom is -0.489 e. The molecular weight excluding hydrogens is 466 g/mol. The average Bonchev–Trinajstić information content (AvgIpc) is 3.14. The molecule has 1 fully saturated rings. The molecule has 138 valence electrons. The predicted molar refractivity (Wildman–Crippen MR) is 107 cm³/mol. The van der Waals surface area contributed by atoms with Crippen LogP contribution in [0.2, 0.25) is 0 Å². The normalized spacial score (nSPS) is 16.3.